The maximum Gasteiger partial charge on any atom is 0.122 e. The van der Waals surface area contributed by atoms with Crippen molar-refractivity contribution >= 4 is 0 Å². The van der Waals surface area contributed by atoms with Gasteiger partial charge in [-0.05, 0) is 41.9 Å². The van der Waals surface area contributed by atoms with Gasteiger partial charge in [0.05, 0.1) is 7.11 Å². The van der Waals surface area contributed by atoms with E-state index in [1.54, 1.807) is 7.11 Å². The van der Waals surface area contributed by atoms with E-state index >= 15 is 0 Å². The molecular formula is C16H25O. The molecule has 0 atom stereocenters. The van der Waals surface area contributed by atoms with E-state index < -0.39 is 0 Å². The quantitative estimate of drug-likeness (QED) is 0.701. The Hall–Kier alpha value is -0.980. The molecule has 0 aliphatic rings. The Labute approximate surface area is 106 Å². The fraction of sp³-hybridized carbons (Fsp3) is 0.562. The van der Waals surface area contributed by atoms with E-state index in [1.807, 2.05) is 0 Å². The van der Waals surface area contributed by atoms with Crippen LogP contribution in [0.1, 0.15) is 51.2 Å². The Kier molecular flexibility index (Phi) is 5.04. The average molecular weight is 233 g/mol. The zero-order chi connectivity index (χ0) is 12.9. The molecule has 0 heterocycles. The van der Waals surface area contributed by atoms with E-state index in [0.29, 0.717) is 0 Å². The normalized spacial score (nSPS) is 11.6. The summed E-state index contributed by atoms with van der Waals surface area (Å²) in [5, 5.41) is 0. The van der Waals surface area contributed by atoms with Crippen LogP contribution in [0.15, 0.2) is 18.2 Å². The summed E-state index contributed by atoms with van der Waals surface area (Å²) >= 11 is 0. The number of benzene rings is 1. The first kappa shape index (κ1) is 14.1. The smallest absolute Gasteiger partial charge is 0.122 e. The standard InChI is InChI=1S/C16H25O/c1-6-8-9-13-10-11-14(12-15(13)17-5)16(3,4)7-2/h10-12H,1,6-9H2,2-5H3. The van der Waals surface area contributed by atoms with Gasteiger partial charge in [-0.1, -0.05) is 46.2 Å². The van der Waals surface area contributed by atoms with Gasteiger partial charge in [-0.15, -0.1) is 0 Å². The van der Waals surface area contributed by atoms with Crippen molar-refractivity contribution in [1.29, 1.82) is 0 Å². The van der Waals surface area contributed by atoms with E-state index in [9.17, 15) is 0 Å². The van der Waals surface area contributed by atoms with E-state index in [-0.39, 0.29) is 5.41 Å². The minimum Gasteiger partial charge on any atom is -0.496 e. The molecule has 0 aliphatic carbocycles. The van der Waals surface area contributed by atoms with Gasteiger partial charge in [0.15, 0.2) is 0 Å². The first-order valence-electron chi connectivity index (χ1n) is 6.51. The first-order chi connectivity index (χ1) is 8.05. The Morgan fingerprint density at radius 3 is 2.53 bits per heavy atom. The van der Waals surface area contributed by atoms with Crippen LogP contribution in [0.25, 0.3) is 0 Å². The van der Waals surface area contributed by atoms with Crippen LogP contribution >= 0.6 is 0 Å². The van der Waals surface area contributed by atoms with Gasteiger partial charge < -0.3 is 4.74 Å². The highest BCUT2D eigenvalue weighted by atomic mass is 16.5. The van der Waals surface area contributed by atoms with Crippen molar-refractivity contribution < 1.29 is 4.74 Å². The van der Waals surface area contributed by atoms with Crippen molar-refractivity contribution in [3.8, 4) is 5.75 Å². The van der Waals surface area contributed by atoms with E-state index in [0.717, 1.165) is 31.4 Å². The summed E-state index contributed by atoms with van der Waals surface area (Å²) in [4.78, 5) is 0. The lowest BCUT2D eigenvalue weighted by molar-refractivity contribution is 0.405. The first-order valence-corrected chi connectivity index (χ1v) is 6.51. The van der Waals surface area contributed by atoms with Gasteiger partial charge in [0.2, 0.25) is 0 Å². The Morgan fingerprint density at radius 2 is 2.00 bits per heavy atom. The molecule has 1 nitrogen and oxygen atoms in total. The van der Waals surface area contributed by atoms with Crippen molar-refractivity contribution in [2.45, 2.75) is 51.9 Å². The molecule has 0 saturated heterocycles. The van der Waals surface area contributed by atoms with Gasteiger partial charge in [0.1, 0.15) is 5.75 Å². The minimum atomic E-state index is 0.220. The minimum absolute atomic E-state index is 0.220. The van der Waals surface area contributed by atoms with Crippen LogP contribution in [0.5, 0.6) is 5.75 Å². The predicted molar refractivity (Wildman–Crippen MR) is 74.6 cm³/mol. The third kappa shape index (κ3) is 3.49. The summed E-state index contributed by atoms with van der Waals surface area (Å²) in [6.45, 7) is 10.7. The molecule has 1 rings (SSSR count). The van der Waals surface area contributed by atoms with Crippen molar-refractivity contribution in [2.75, 3.05) is 7.11 Å². The fourth-order valence-corrected chi connectivity index (χ4v) is 1.89. The van der Waals surface area contributed by atoms with E-state index in [1.165, 1.54) is 11.1 Å². The Balaban J connectivity index is 3.00. The third-order valence-electron chi connectivity index (χ3n) is 3.65. The molecule has 0 saturated carbocycles. The van der Waals surface area contributed by atoms with Crippen LogP contribution in [-0.4, -0.2) is 7.11 Å². The molecule has 1 aromatic rings. The predicted octanol–water partition coefficient (Wildman–Crippen LogP) is 4.54. The van der Waals surface area contributed by atoms with Crippen molar-refractivity contribution in [3.63, 3.8) is 0 Å². The summed E-state index contributed by atoms with van der Waals surface area (Å²) in [7, 11) is 1.76. The van der Waals surface area contributed by atoms with Gasteiger partial charge >= 0.3 is 0 Å². The molecule has 0 fully saturated rings. The summed E-state index contributed by atoms with van der Waals surface area (Å²) in [6.07, 6.45) is 4.28. The fourth-order valence-electron chi connectivity index (χ4n) is 1.89. The van der Waals surface area contributed by atoms with E-state index in [2.05, 4.69) is 45.9 Å². The number of unbranched alkanes of at least 4 members (excludes halogenated alkanes) is 1. The SMILES string of the molecule is [CH2]CCCc1ccc(C(C)(C)CC)cc1OC. The molecule has 17 heavy (non-hydrogen) atoms. The Morgan fingerprint density at radius 1 is 1.29 bits per heavy atom. The molecule has 1 heteroatoms. The molecule has 1 aromatic carbocycles. The van der Waals surface area contributed by atoms with Crippen LogP contribution < -0.4 is 4.74 Å². The summed E-state index contributed by atoms with van der Waals surface area (Å²) in [5.41, 5.74) is 2.88. The number of methoxy groups -OCH3 is 1. The summed E-state index contributed by atoms with van der Waals surface area (Å²) < 4.78 is 5.50. The maximum absolute atomic E-state index is 5.50. The van der Waals surface area contributed by atoms with Crippen LogP contribution in [-0.2, 0) is 11.8 Å². The lowest BCUT2D eigenvalue weighted by atomic mass is 9.81. The van der Waals surface area contributed by atoms with E-state index in [4.69, 9.17) is 4.74 Å². The van der Waals surface area contributed by atoms with Crippen LogP contribution in [0.3, 0.4) is 0 Å². The summed E-state index contributed by atoms with van der Waals surface area (Å²) in [5.74, 6) is 1.03. The molecule has 1 radical (unpaired) electrons. The van der Waals surface area contributed by atoms with Gasteiger partial charge in [0, 0.05) is 0 Å². The topological polar surface area (TPSA) is 9.23 Å². The Bertz CT molecular complexity index is 353. The van der Waals surface area contributed by atoms with Gasteiger partial charge in [-0.25, -0.2) is 0 Å². The molecule has 0 bridgehead atoms. The van der Waals surface area contributed by atoms with Gasteiger partial charge in [0.25, 0.3) is 0 Å². The molecule has 0 spiro atoms. The average Bonchev–Trinajstić information content (AvgIpc) is 2.35. The highest BCUT2D eigenvalue weighted by molar-refractivity contribution is 5.40. The highest BCUT2D eigenvalue weighted by Crippen LogP contribution is 2.31. The number of ether oxygens (including phenoxy) is 1. The van der Waals surface area contributed by atoms with Crippen LogP contribution in [0.4, 0.5) is 0 Å². The molecule has 0 unspecified atom stereocenters. The number of aryl methyl sites for hydroxylation is 1. The zero-order valence-electron chi connectivity index (χ0n) is 11.7. The summed E-state index contributed by atoms with van der Waals surface area (Å²) in [6, 6.07) is 6.65. The van der Waals surface area contributed by atoms with Crippen molar-refractivity contribution in [1.82, 2.24) is 0 Å². The molecule has 0 N–H and O–H groups in total. The van der Waals surface area contributed by atoms with Gasteiger partial charge in [-0.3, -0.25) is 0 Å². The second-order valence-electron chi connectivity index (χ2n) is 5.22. The molecule has 95 valence electrons. The second-order valence-corrected chi connectivity index (χ2v) is 5.22. The molecule has 0 amide bonds. The lowest BCUT2D eigenvalue weighted by Gasteiger charge is -2.24. The van der Waals surface area contributed by atoms with Crippen LogP contribution in [0.2, 0.25) is 0 Å². The molecule has 0 aromatic heterocycles. The second kappa shape index (κ2) is 6.09. The maximum atomic E-state index is 5.50. The zero-order valence-corrected chi connectivity index (χ0v) is 11.7. The number of rotatable bonds is 6. The largest absolute Gasteiger partial charge is 0.496 e. The van der Waals surface area contributed by atoms with Crippen molar-refractivity contribution in [2.24, 2.45) is 0 Å². The monoisotopic (exact) mass is 233 g/mol. The molecular weight excluding hydrogens is 208 g/mol. The number of hydrogen-bond acceptors (Lipinski definition) is 1. The van der Waals surface area contributed by atoms with Crippen molar-refractivity contribution in [3.05, 3.63) is 36.2 Å². The third-order valence-corrected chi connectivity index (χ3v) is 3.65. The highest BCUT2D eigenvalue weighted by Gasteiger charge is 2.19. The number of hydrogen-bond donors (Lipinski definition) is 0. The molecule has 0 aliphatic heterocycles. The lowest BCUT2D eigenvalue weighted by Crippen LogP contribution is -2.15. The van der Waals surface area contributed by atoms with Crippen LogP contribution in [0, 0.1) is 6.92 Å². The van der Waals surface area contributed by atoms with Gasteiger partial charge in [-0.2, -0.15) is 0 Å².